The van der Waals surface area contributed by atoms with Crippen LogP contribution in [0.3, 0.4) is 0 Å². The molecule has 1 unspecified atom stereocenters. The van der Waals surface area contributed by atoms with Crippen molar-refractivity contribution in [1.29, 1.82) is 0 Å². The van der Waals surface area contributed by atoms with Gasteiger partial charge in [-0.3, -0.25) is 9.59 Å². The zero-order chi connectivity index (χ0) is 18.6. The predicted octanol–water partition coefficient (Wildman–Crippen LogP) is 0.798. The average Bonchev–Trinajstić information content (AvgIpc) is 3.18. The average molecular weight is 379 g/mol. The SMILES string of the molecule is O=C(CCc1ccc(S(=O)(=O)N2CCCC2)cc1)NC1CCCNC1=O. The maximum atomic E-state index is 12.5. The molecule has 2 heterocycles. The molecule has 2 aliphatic heterocycles. The summed E-state index contributed by atoms with van der Waals surface area (Å²) in [7, 11) is -3.40. The number of nitrogens with one attached hydrogen (secondary N) is 2. The van der Waals surface area contributed by atoms with E-state index in [4.69, 9.17) is 0 Å². The van der Waals surface area contributed by atoms with Crippen LogP contribution in [0.1, 0.15) is 37.7 Å². The van der Waals surface area contributed by atoms with Crippen molar-refractivity contribution in [3.63, 3.8) is 0 Å². The van der Waals surface area contributed by atoms with Crippen molar-refractivity contribution in [3.05, 3.63) is 29.8 Å². The van der Waals surface area contributed by atoms with Crippen LogP contribution in [-0.2, 0) is 26.0 Å². The Labute approximate surface area is 154 Å². The number of carbonyl (C=O) groups excluding carboxylic acids is 2. The zero-order valence-electron chi connectivity index (χ0n) is 14.7. The van der Waals surface area contributed by atoms with Crippen molar-refractivity contribution in [2.45, 2.75) is 49.5 Å². The molecule has 1 aromatic carbocycles. The minimum Gasteiger partial charge on any atom is -0.354 e. The molecule has 1 aromatic rings. The van der Waals surface area contributed by atoms with Crippen molar-refractivity contribution in [1.82, 2.24) is 14.9 Å². The summed E-state index contributed by atoms with van der Waals surface area (Å²) in [6, 6.07) is 6.28. The van der Waals surface area contributed by atoms with Gasteiger partial charge >= 0.3 is 0 Å². The molecule has 0 aromatic heterocycles. The molecule has 8 heteroatoms. The molecule has 0 spiro atoms. The lowest BCUT2D eigenvalue weighted by atomic mass is 10.1. The van der Waals surface area contributed by atoms with E-state index in [9.17, 15) is 18.0 Å². The summed E-state index contributed by atoms with van der Waals surface area (Å²) in [5.74, 6) is -0.290. The smallest absolute Gasteiger partial charge is 0.243 e. The molecular formula is C18H25N3O4S. The molecular weight excluding hydrogens is 354 g/mol. The van der Waals surface area contributed by atoms with E-state index in [1.165, 1.54) is 4.31 Å². The van der Waals surface area contributed by atoms with Crippen LogP contribution < -0.4 is 10.6 Å². The normalized spacial score (nSPS) is 21.4. The van der Waals surface area contributed by atoms with Crippen LogP contribution >= 0.6 is 0 Å². The Morgan fingerprint density at radius 1 is 1.15 bits per heavy atom. The Bertz CT molecular complexity index is 755. The van der Waals surface area contributed by atoms with E-state index in [2.05, 4.69) is 10.6 Å². The largest absolute Gasteiger partial charge is 0.354 e. The lowest BCUT2D eigenvalue weighted by molar-refractivity contribution is -0.130. The Morgan fingerprint density at radius 2 is 1.85 bits per heavy atom. The van der Waals surface area contributed by atoms with E-state index in [1.54, 1.807) is 24.3 Å². The van der Waals surface area contributed by atoms with Crippen molar-refractivity contribution < 1.29 is 18.0 Å². The van der Waals surface area contributed by atoms with Gasteiger partial charge in [-0.25, -0.2) is 8.42 Å². The van der Waals surface area contributed by atoms with Crippen LogP contribution in [0, 0.1) is 0 Å². The first-order valence-corrected chi connectivity index (χ1v) is 10.6. The molecule has 2 N–H and O–H groups in total. The quantitative estimate of drug-likeness (QED) is 0.764. The number of sulfonamides is 1. The zero-order valence-corrected chi connectivity index (χ0v) is 15.6. The second-order valence-corrected chi connectivity index (χ2v) is 8.75. The van der Waals surface area contributed by atoms with E-state index in [0.717, 1.165) is 24.8 Å². The first kappa shape index (κ1) is 18.8. The summed E-state index contributed by atoms with van der Waals surface area (Å²) in [6.45, 7) is 1.83. The number of hydrogen-bond donors (Lipinski definition) is 2. The summed E-state index contributed by atoms with van der Waals surface area (Å²) in [5, 5.41) is 5.50. The number of amides is 2. The lowest BCUT2D eigenvalue weighted by Crippen LogP contribution is -2.50. The van der Waals surface area contributed by atoms with Crippen LogP contribution in [-0.4, -0.2) is 50.2 Å². The van der Waals surface area contributed by atoms with Gasteiger partial charge in [0.25, 0.3) is 0 Å². The lowest BCUT2D eigenvalue weighted by Gasteiger charge is -2.22. The third-order valence-electron chi connectivity index (χ3n) is 4.89. The molecule has 3 rings (SSSR count). The Morgan fingerprint density at radius 3 is 2.50 bits per heavy atom. The first-order chi connectivity index (χ1) is 12.5. The molecule has 0 bridgehead atoms. The Hall–Kier alpha value is -1.93. The predicted molar refractivity (Wildman–Crippen MR) is 96.9 cm³/mol. The van der Waals surface area contributed by atoms with E-state index in [-0.39, 0.29) is 18.2 Å². The van der Waals surface area contributed by atoms with Gasteiger partial charge < -0.3 is 10.6 Å². The van der Waals surface area contributed by atoms with E-state index >= 15 is 0 Å². The third kappa shape index (κ3) is 4.42. The van der Waals surface area contributed by atoms with Crippen LogP contribution in [0.2, 0.25) is 0 Å². The number of benzene rings is 1. The highest BCUT2D eigenvalue weighted by Gasteiger charge is 2.27. The summed E-state index contributed by atoms with van der Waals surface area (Å²) in [6.07, 6.45) is 4.12. The van der Waals surface area contributed by atoms with E-state index in [1.807, 2.05) is 0 Å². The minimum atomic E-state index is -3.40. The van der Waals surface area contributed by atoms with Gasteiger partial charge in [-0.2, -0.15) is 4.31 Å². The summed E-state index contributed by atoms with van der Waals surface area (Å²) in [5.41, 5.74) is 0.897. The van der Waals surface area contributed by atoms with Gasteiger partial charge in [0.1, 0.15) is 6.04 Å². The molecule has 0 radical (unpaired) electrons. The summed E-state index contributed by atoms with van der Waals surface area (Å²) < 4.78 is 26.5. The topological polar surface area (TPSA) is 95.6 Å². The van der Waals surface area contributed by atoms with Crippen molar-refractivity contribution >= 4 is 21.8 Å². The van der Waals surface area contributed by atoms with Gasteiger partial charge in [-0.15, -0.1) is 0 Å². The molecule has 2 fully saturated rings. The minimum absolute atomic E-state index is 0.124. The highest BCUT2D eigenvalue weighted by atomic mass is 32.2. The number of rotatable bonds is 6. The number of piperidine rings is 1. The van der Waals surface area contributed by atoms with Gasteiger partial charge in [-0.1, -0.05) is 12.1 Å². The second kappa shape index (κ2) is 8.18. The molecule has 0 aliphatic carbocycles. The molecule has 1 atom stereocenters. The maximum absolute atomic E-state index is 12.5. The fourth-order valence-electron chi connectivity index (χ4n) is 3.34. The fraction of sp³-hybridized carbons (Fsp3) is 0.556. The van der Waals surface area contributed by atoms with Gasteiger partial charge in [0, 0.05) is 26.1 Å². The van der Waals surface area contributed by atoms with E-state index in [0.29, 0.717) is 37.4 Å². The van der Waals surface area contributed by atoms with Crippen molar-refractivity contribution in [2.24, 2.45) is 0 Å². The van der Waals surface area contributed by atoms with E-state index < -0.39 is 16.1 Å². The fourth-order valence-corrected chi connectivity index (χ4v) is 4.86. The molecule has 2 amide bonds. The van der Waals surface area contributed by atoms with Gasteiger partial charge in [0.2, 0.25) is 21.8 Å². The maximum Gasteiger partial charge on any atom is 0.243 e. The molecule has 0 saturated carbocycles. The number of nitrogens with zero attached hydrogens (tertiary/aromatic N) is 1. The first-order valence-electron chi connectivity index (χ1n) is 9.13. The number of hydrogen-bond acceptors (Lipinski definition) is 4. The van der Waals surface area contributed by atoms with Crippen molar-refractivity contribution in [2.75, 3.05) is 19.6 Å². The van der Waals surface area contributed by atoms with Crippen LogP contribution in [0.4, 0.5) is 0 Å². The molecule has 7 nitrogen and oxygen atoms in total. The van der Waals surface area contributed by atoms with Gasteiger partial charge in [-0.05, 0) is 49.8 Å². The van der Waals surface area contributed by atoms with Crippen molar-refractivity contribution in [3.8, 4) is 0 Å². The third-order valence-corrected chi connectivity index (χ3v) is 6.80. The second-order valence-electron chi connectivity index (χ2n) is 6.81. The summed E-state index contributed by atoms with van der Waals surface area (Å²) in [4.78, 5) is 24.0. The highest BCUT2D eigenvalue weighted by molar-refractivity contribution is 7.89. The molecule has 2 saturated heterocycles. The molecule has 26 heavy (non-hydrogen) atoms. The monoisotopic (exact) mass is 379 g/mol. The number of aryl methyl sites for hydroxylation is 1. The van der Waals surface area contributed by atoms with Gasteiger partial charge in [0.05, 0.1) is 4.90 Å². The van der Waals surface area contributed by atoms with Gasteiger partial charge in [0.15, 0.2) is 0 Å². The Kier molecular flexibility index (Phi) is 5.93. The molecule has 2 aliphatic rings. The number of carbonyl (C=O) groups is 2. The summed E-state index contributed by atoms with van der Waals surface area (Å²) >= 11 is 0. The highest BCUT2D eigenvalue weighted by Crippen LogP contribution is 2.21. The van der Waals surface area contributed by atoms with Crippen LogP contribution in [0.5, 0.6) is 0 Å². The van der Waals surface area contributed by atoms with Crippen LogP contribution in [0.25, 0.3) is 0 Å². The van der Waals surface area contributed by atoms with Crippen LogP contribution in [0.15, 0.2) is 29.2 Å². The molecule has 142 valence electrons. The standard InChI is InChI=1S/C18H25N3O4S/c22-17(20-16-4-3-11-19-18(16)23)10-7-14-5-8-15(9-6-14)26(24,25)21-12-1-2-13-21/h5-6,8-9,16H,1-4,7,10-13H2,(H,19,23)(H,20,22). The Balaban J connectivity index is 1.52.